The first-order valence-corrected chi connectivity index (χ1v) is 11.9. The second kappa shape index (κ2) is 9.64. The summed E-state index contributed by atoms with van der Waals surface area (Å²) in [6.07, 6.45) is 1.82. The largest absolute Gasteiger partial charge is 0.493 e. The lowest BCUT2D eigenvalue weighted by atomic mass is 10.1. The topological polar surface area (TPSA) is 71.5 Å². The third-order valence-electron chi connectivity index (χ3n) is 6.95. The van der Waals surface area contributed by atoms with Crippen LogP contribution < -0.4 is 14.4 Å². The summed E-state index contributed by atoms with van der Waals surface area (Å²) in [5.41, 5.74) is 3.07. The number of piperazine rings is 1. The van der Waals surface area contributed by atoms with Gasteiger partial charge >= 0.3 is 0 Å². The van der Waals surface area contributed by atoms with Crippen molar-refractivity contribution in [3.05, 3.63) is 53.1 Å². The SMILES string of the molecule is COc1ccc(CN2CCN(c3cccc4c3C(=O)N(C[C@H]3CCCO3)C4=O)CC2)cc1OC. The van der Waals surface area contributed by atoms with Crippen LogP contribution in [0.2, 0.25) is 0 Å². The summed E-state index contributed by atoms with van der Waals surface area (Å²) in [6.45, 7) is 5.15. The monoisotopic (exact) mass is 465 g/mol. The van der Waals surface area contributed by atoms with Crippen molar-refractivity contribution in [3.8, 4) is 11.5 Å². The summed E-state index contributed by atoms with van der Waals surface area (Å²) in [6, 6.07) is 11.6. The molecule has 2 fully saturated rings. The zero-order valence-corrected chi connectivity index (χ0v) is 19.8. The molecule has 8 heteroatoms. The van der Waals surface area contributed by atoms with Crippen molar-refractivity contribution < 1.29 is 23.8 Å². The molecule has 2 amide bonds. The maximum Gasteiger partial charge on any atom is 0.263 e. The van der Waals surface area contributed by atoms with E-state index < -0.39 is 0 Å². The molecule has 2 saturated heterocycles. The summed E-state index contributed by atoms with van der Waals surface area (Å²) in [5, 5.41) is 0. The molecule has 3 aliphatic heterocycles. The number of benzene rings is 2. The van der Waals surface area contributed by atoms with Crippen LogP contribution in [0.15, 0.2) is 36.4 Å². The van der Waals surface area contributed by atoms with E-state index in [1.165, 1.54) is 4.90 Å². The highest BCUT2D eigenvalue weighted by Gasteiger charge is 2.40. The van der Waals surface area contributed by atoms with Crippen LogP contribution >= 0.6 is 0 Å². The third-order valence-corrected chi connectivity index (χ3v) is 6.95. The number of anilines is 1. The molecule has 0 bridgehead atoms. The smallest absolute Gasteiger partial charge is 0.263 e. The van der Waals surface area contributed by atoms with Crippen molar-refractivity contribution in [1.29, 1.82) is 0 Å². The van der Waals surface area contributed by atoms with Crippen LogP contribution in [0, 0.1) is 0 Å². The van der Waals surface area contributed by atoms with Crippen molar-refractivity contribution in [3.63, 3.8) is 0 Å². The maximum atomic E-state index is 13.3. The van der Waals surface area contributed by atoms with Gasteiger partial charge in [0.2, 0.25) is 0 Å². The fourth-order valence-electron chi connectivity index (χ4n) is 5.12. The average Bonchev–Trinajstić information content (AvgIpc) is 3.47. The number of nitrogens with zero attached hydrogens (tertiary/aromatic N) is 3. The van der Waals surface area contributed by atoms with E-state index in [1.54, 1.807) is 20.3 Å². The fourth-order valence-corrected chi connectivity index (χ4v) is 5.12. The molecule has 0 aliphatic carbocycles. The minimum absolute atomic E-state index is 0.0502. The molecule has 1 atom stereocenters. The Labute approximate surface area is 200 Å². The van der Waals surface area contributed by atoms with Gasteiger partial charge in [-0.3, -0.25) is 19.4 Å². The van der Waals surface area contributed by atoms with Gasteiger partial charge in [-0.2, -0.15) is 0 Å². The highest BCUT2D eigenvalue weighted by Crippen LogP contribution is 2.33. The van der Waals surface area contributed by atoms with Crippen molar-refractivity contribution in [1.82, 2.24) is 9.80 Å². The summed E-state index contributed by atoms with van der Waals surface area (Å²) >= 11 is 0. The highest BCUT2D eigenvalue weighted by molar-refractivity contribution is 6.23. The summed E-state index contributed by atoms with van der Waals surface area (Å²) in [5.74, 6) is 1.05. The molecule has 2 aromatic rings. The third kappa shape index (κ3) is 4.23. The zero-order chi connectivity index (χ0) is 23.7. The molecule has 34 heavy (non-hydrogen) atoms. The van der Waals surface area contributed by atoms with E-state index in [0.29, 0.717) is 24.3 Å². The van der Waals surface area contributed by atoms with Gasteiger partial charge in [0.25, 0.3) is 11.8 Å². The molecule has 0 N–H and O–H groups in total. The number of fused-ring (bicyclic) bond motifs is 1. The Morgan fingerprint density at radius 1 is 0.971 bits per heavy atom. The number of carbonyl (C=O) groups is 2. The van der Waals surface area contributed by atoms with Gasteiger partial charge in [0.15, 0.2) is 11.5 Å². The van der Waals surface area contributed by atoms with Gasteiger partial charge < -0.3 is 19.1 Å². The van der Waals surface area contributed by atoms with Crippen molar-refractivity contribution in [2.24, 2.45) is 0 Å². The number of imide groups is 1. The van der Waals surface area contributed by atoms with Crippen molar-refractivity contribution in [2.45, 2.75) is 25.5 Å². The lowest BCUT2D eigenvalue weighted by Crippen LogP contribution is -2.46. The van der Waals surface area contributed by atoms with E-state index in [9.17, 15) is 9.59 Å². The molecule has 8 nitrogen and oxygen atoms in total. The van der Waals surface area contributed by atoms with Crippen LogP contribution in [0.1, 0.15) is 39.1 Å². The first-order valence-electron chi connectivity index (χ1n) is 11.9. The van der Waals surface area contributed by atoms with Crippen LogP contribution in [0.25, 0.3) is 0 Å². The first kappa shape index (κ1) is 22.7. The summed E-state index contributed by atoms with van der Waals surface area (Å²) < 4.78 is 16.4. The van der Waals surface area contributed by atoms with E-state index in [2.05, 4.69) is 15.9 Å². The summed E-state index contributed by atoms with van der Waals surface area (Å²) in [7, 11) is 3.28. The minimum atomic E-state index is -0.204. The van der Waals surface area contributed by atoms with E-state index >= 15 is 0 Å². The van der Waals surface area contributed by atoms with Gasteiger partial charge in [0.1, 0.15) is 0 Å². The predicted octanol–water partition coefficient (Wildman–Crippen LogP) is 2.80. The van der Waals surface area contributed by atoms with Crippen LogP contribution in [0.5, 0.6) is 11.5 Å². The Morgan fingerprint density at radius 2 is 1.76 bits per heavy atom. The molecule has 180 valence electrons. The molecule has 0 spiro atoms. The number of hydrogen-bond donors (Lipinski definition) is 0. The second-order valence-corrected chi connectivity index (χ2v) is 9.01. The van der Waals surface area contributed by atoms with Gasteiger partial charge in [-0.25, -0.2) is 0 Å². The Bertz CT molecular complexity index is 1070. The number of rotatable bonds is 7. The second-order valence-electron chi connectivity index (χ2n) is 9.01. The molecule has 0 radical (unpaired) electrons. The Balaban J connectivity index is 1.26. The number of carbonyl (C=O) groups excluding carboxylic acids is 2. The van der Waals surface area contributed by atoms with Gasteiger partial charge in [-0.05, 0) is 42.7 Å². The van der Waals surface area contributed by atoms with Crippen LogP contribution in [-0.2, 0) is 11.3 Å². The number of methoxy groups -OCH3 is 2. The molecule has 5 rings (SSSR count). The molecule has 0 unspecified atom stereocenters. The summed E-state index contributed by atoms with van der Waals surface area (Å²) in [4.78, 5) is 32.2. The Kier molecular flexibility index (Phi) is 6.43. The van der Waals surface area contributed by atoms with Gasteiger partial charge in [-0.1, -0.05) is 12.1 Å². The average molecular weight is 466 g/mol. The van der Waals surface area contributed by atoms with E-state index in [0.717, 1.165) is 68.3 Å². The Morgan fingerprint density at radius 3 is 2.47 bits per heavy atom. The molecular formula is C26H31N3O5. The maximum absolute atomic E-state index is 13.3. The minimum Gasteiger partial charge on any atom is -0.493 e. The van der Waals surface area contributed by atoms with Crippen molar-refractivity contribution >= 4 is 17.5 Å². The van der Waals surface area contributed by atoms with E-state index in [1.807, 2.05) is 24.3 Å². The Hall–Kier alpha value is -3.10. The fraction of sp³-hybridized carbons (Fsp3) is 0.462. The quantitative estimate of drug-likeness (QED) is 0.583. The van der Waals surface area contributed by atoms with E-state index in [4.69, 9.17) is 14.2 Å². The van der Waals surface area contributed by atoms with Gasteiger partial charge in [0.05, 0.1) is 43.7 Å². The van der Waals surface area contributed by atoms with Gasteiger partial charge in [-0.15, -0.1) is 0 Å². The van der Waals surface area contributed by atoms with E-state index in [-0.39, 0.29) is 17.9 Å². The molecule has 0 aromatic heterocycles. The standard InChI is InChI=1S/C26H31N3O5/c1-32-22-9-8-18(15-23(22)33-2)16-27-10-12-28(13-11-27)21-7-3-6-20-24(21)26(31)29(25(20)30)17-19-5-4-14-34-19/h3,6-9,15,19H,4-5,10-14,16-17H2,1-2H3/t19-/m1/s1. The number of ether oxygens (including phenoxy) is 3. The molecular weight excluding hydrogens is 434 g/mol. The molecule has 3 aliphatic rings. The number of amides is 2. The predicted molar refractivity (Wildman–Crippen MR) is 128 cm³/mol. The van der Waals surface area contributed by atoms with Crippen molar-refractivity contribution in [2.75, 3.05) is 58.5 Å². The first-order chi connectivity index (χ1) is 16.6. The molecule has 3 heterocycles. The van der Waals surface area contributed by atoms with Crippen LogP contribution in [-0.4, -0.2) is 81.3 Å². The molecule has 2 aromatic carbocycles. The lowest BCUT2D eigenvalue weighted by molar-refractivity contribution is 0.0475. The number of hydrogen-bond acceptors (Lipinski definition) is 7. The van der Waals surface area contributed by atoms with Crippen LogP contribution in [0.4, 0.5) is 5.69 Å². The lowest BCUT2D eigenvalue weighted by Gasteiger charge is -2.36. The zero-order valence-electron chi connectivity index (χ0n) is 19.8. The molecule has 0 saturated carbocycles. The normalized spacial score (nSPS) is 20.7. The van der Waals surface area contributed by atoms with Gasteiger partial charge in [0, 0.05) is 39.3 Å². The van der Waals surface area contributed by atoms with Crippen LogP contribution in [0.3, 0.4) is 0 Å². The highest BCUT2D eigenvalue weighted by atomic mass is 16.5.